The van der Waals surface area contributed by atoms with Gasteiger partial charge in [-0.15, -0.1) is 11.8 Å². The molecule has 0 saturated carbocycles. The van der Waals surface area contributed by atoms with Crippen molar-refractivity contribution < 1.29 is 19.4 Å². The van der Waals surface area contributed by atoms with E-state index in [0.29, 0.717) is 17.1 Å². The first-order valence-electron chi connectivity index (χ1n) is 6.31. The summed E-state index contributed by atoms with van der Waals surface area (Å²) in [4.78, 5) is 12.9. The van der Waals surface area contributed by atoms with Gasteiger partial charge in [-0.05, 0) is 23.8 Å². The molecule has 0 fully saturated rings. The van der Waals surface area contributed by atoms with E-state index in [1.165, 1.54) is 20.3 Å². The van der Waals surface area contributed by atoms with Gasteiger partial charge in [0.1, 0.15) is 17.1 Å². The second kappa shape index (κ2) is 7.04. The summed E-state index contributed by atoms with van der Waals surface area (Å²) in [6.45, 7) is 0. The maximum Gasteiger partial charge on any atom is 0.341 e. The third kappa shape index (κ3) is 3.70. The van der Waals surface area contributed by atoms with Gasteiger partial charge in [-0.3, -0.25) is 0 Å². The molecular weight excluding hydrogens is 288 g/mol. The quantitative estimate of drug-likeness (QED) is 0.677. The molecule has 2 aromatic rings. The van der Waals surface area contributed by atoms with Crippen LogP contribution in [-0.4, -0.2) is 25.3 Å². The van der Waals surface area contributed by atoms with Gasteiger partial charge in [0.15, 0.2) is 0 Å². The van der Waals surface area contributed by atoms with Crippen LogP contribution in [0.1, 0.15) is 15.9 Å². The van der Waals surface area contributed by atoms with Crippen LogP contribution >= 0.6 is 11.8 Å². The first-order chi connectivity index (χ1) is 10.2. The lowest BCUT2D eigenvalue weighted by Gasteiger charge is -2.12. The van der Waals surface area contributed by atoms with Crippen molar-refractivity contribution >= 4 is 17.7 Å². The molecule has 0 bridgehead atoms. The SMILES string of the molecule is COC(=O)c1c(O)cc(OC)cc1CSc1ccccc1. The Balaban J connectivity index is 2.31. The van der Waals surface area contributed by atoms with Crippen molar-refractivity contribution in [3.8, 4) is 11.5 Å². The fraction of sp³-hybridized carbons (Fsp3) is 0.188. The molecule has 0 aliphatic rings. The molecule has 0 atom stereocenters. The molecule has 0 amide bonds. The summed E-state index contributed by atoms with van der Waals surface area (Å²) in [5.41, 5.74) is 0.856. The van der Waals surface area contributed by atoms with E-state index in [9.17, 15) is 9.90 Å². The Kier molecular flexibility index (Phi) is 5.11. The zero-order valence-electron chi connectivity index (χ0n) is 11.8. The van der Waals surface area contributed by atoms with Gasteiger partial charge < -0.3 is 14.6 Å². The highest BCUT2D eigenvalue weighted by molar-refractivity contribution is 7.98. The van der Waals surface area contributed by atoms with Gasteiger partial charge in [-0.1, -0.05) is 18.2 Å². The molecule has 0 aromatic heterocycles. The Morgan fingerprint density at radius 2 is 1.90 bits per heavy atom. The molecule has 110 valence electrons. The number of carbonyl (C=O) groups is 1. The van der Waals surface area contributed by atoms with E-state index in [0.717, 1.165) is 4.90 Å². The Labute approximate surface area is 127 Å². The second-order valence-corrected chi connectivity index (χ2v) is 5.32. The number of thioether (sulfide) groups is 1. The van der Waals surface area contributed by atoms with Crippen molar-refractivity contribution in [2.45, 2.75) is 10.6 Å². The number of rotatable bonds is 5. The number of methoxy groups -OCH3 is 2. The number of benzene rings is 2. The average molecular weight is 304 g/mol. The molecule has 4 nitrogen and oxygen atoms in total. The van der Waals surface area contributed by atoms with Gasteiger partial charge in [0.05, 0.1) is 14.2 Å². The second-order valence-electron chi connectivity index (χ2n) is 4.27. The maximum absolute atomic E-state index is 11.8. The van der Waals surface area contributed by atoms with Crippen LogP contribution in [0.25, 0.3) is 0 Å². The van der Waals surface area contributed by atoms with E-state index in [1.807, 2.05) is 30.3 Å². The Morgan fingerprint density at radius 3 is 2.52 bits per heavy atom. The van der Waals surface area contributed by atoms with Crippen molar-refractivity contribution in [3.05, 3.63) is 53.6 Å². The monoisotopic (exact) mass is 304 g/mol. The lowest BCUT2D eigenvalue weighted by atomic mass is 10.1. The van der Waals surface area contributed by atoms with Gasteiger partial charge in [0.2, 0.25) is 0 Å². The van der Waals surface area contributed by atoms with Gasteiger partial charge in [-0.25, -0.2) is 4.79 Å². The normalized spacial score (nSPS) is 10.2. The summed E-state index contributed by atoms with van der Waals surface area (Å²) in [6.07, 6.45) is 0. The number of hydrogen-bond acceptors (Lipinski definition) is 5. The molecule has 2 aromatic carbocycles. The number of carbonyl (C=O) groups excluding carboxylic acids is 1. The van der Waals surface area contributed by atoms with Crippen molar-refractivity contribution in [2.24, 2.45) is 0 Å². The lowest BCUT2D eigenvalue weighted by molar-refractivity contribution is 0.0596. The zero-order valence-corrected chi connectivity index (χ0v) is 12.6. The summed E-state index contributed by atoms with van der Waals surface area (Å²) >= 11 is 1.57. The number of hydrogen-bond donors (Lipinski definition) is 1. The lowest BCUT2D eigenvalue weighted by Crippen LogP contribution is -2.06. The predicted octanol–water partition coefficient (Wildman–Crippen LogP) is 3.48. The zero-order chi connectivity index (χ0) is 15.2. The number of esters is 1. The van der Waals surface area contributed by atoms with E-state index in [2.05, 4.69) is 0 Å². The summed E-state index contributed by atoms with van der Waals surface area (Å²) in [5, 5.41) is 10.0. The Hall–Kier alpha value is -2.14. The minimum atomic E-state index is -0.557. The molecule has 0 saturated heterocycles. The van der Waals surface area contributed by atoms with Crippen LogP contribution in [0.15, 0.2) is 47.4 Å². The van der Waals surface area contributed by atoms with Crippen molar-refractivity contribution in [2.75, 3.05) is 14.2 Å². The molecule has 21 heavy (non-hydrogen) atoms. The minimum Gasteiger partial charge on any atom is -0.507 e. The standard InChI is InChI=1S/C16H16O4S/c1-19-12-8-11(10-21-13-6-4-3-5-7-13)15(14(17)9-12)16(18)20-2/h3-9,17H,10H2,1-2H3. The molecule has 0 unspecified atom stereocenters. The van der Waals surface area contributed by atoms with Crippen LogP contribution in [0.3, 0.4) is 0 Å². The first kappa shape index (κ1) is 15.3. The topological polar surface area (TPSA) is 55.8 Å². The van der Waals surface area contributed by atoms with Crippen LogP contribution in [0.5, 0.6) is 11.5 Å². The summed E-state index contributed by atoms with van der Waals surface area (Å²) in [6, 6.07) is 13.0. The summed E-state index contributed by atoms with van der Waals surface area (Å²) in [5.74, 6) is 0.339. The van der Waals surface area contributed by atoms with E-state index in [4.69, 9.17) is 9.47 Å². The molecule has 0 aliphatic heterocycles. The molecule has 0 spiro atoms. The number of phenols is 1. The molecule has 0 radical (unpaired) electrons. The third-order valence-electron chi connectivity index (χ3n) is 2.94. The van der Waals surface area contributed by atoms with Crippen LogP contribution in [-0.2, 0) is 10.5 Å². The van der Waals surface area contributed by atoms with Gasteiger partial charge in [0.25, 0.3) is 0 Å². The molecule has 1 N–H and O–H groups in total. The molecule has 5 heteroatoms. The van der Waals surface area contributed by atoms with Gasteiger partial charge >= 0.3 is 5.97 Å². The van der Waals surface area contributed by atoms with Gasteiger partial charge in [-0.2, -0.15) is 0 Å². The number of aromatic hydroxyl groups is 1. The highest BCUT2D eigenvalue weighted by Gasteiger charge is 2.19. The highest BCUT2D eigenvalue weighted by atomic mass is 32.2. The first-order valence-corrected chi connectivity index (χ1v) is 7.30. The maximum atomic E-state index is 11.8. The van der Waals surface area contributed by atoms with Crippen molar-refractivity contribution in [1.82, 2.24) is 0 Å². The number of phenolic OH excluding ortho intramolecular Hbond substituents is 1. The fourth-order valence-electron chi connectivity index (χ4n) is 1.90. The number of ether oxygens (including phenoxy) is 2. The molecule has 2 rings (SSSR count). The summed E-state index contributed by atoms with van der Waals surface area (Å²) in [7, 11) is 2.81. The van der Waals surface area contributed by atoms with E-state index in [-0.39, 0.29) is 11.3 Å². The third-order valence-corrected chi connectivity index (χ3v) is 4.00. The Morgan fingerprint density at radius 1 is 1.19 bits per heavy atom. The molecular formula is C16H16O4S. The van der Waals surface area contributed by atoms with Crippen LogP contribution in [0.4, 0.5) is 0 Å². The largest absolute Gasteiger partial charge is 0.507 e. The van der Waals surface area contributed by atoms with Crippen LogP contribution in [0, 0.1) is 0 Å². The average Bonchev–Trinajstić information content (AvgIpc) is 2.52. The minimum absolute atomic E-state index is 0.134. The predicted molar refractivity (Wildman–Crippen MR) is 82.0 cm³/mol. The van der Waals surface area contributed by atoms with Crippen LogP contribution in [0.2, 0.25) is 0 Å². The smallest absolute Gasteiger partial charge is 0.341 e. The summed E-state index contributed by atoms with van der Waals surface area (Å²) < 4.78 is 9.87. The van der Waals surface area contributed by atoms with E-state index < -0.39 is 5.97 Å². The Bertz CT molecular complexity index is 626. The van der Waals surface area contributed by atoms with Crippen LogP contribution < -0.4 is 4.74 Å². The fourth-order valence-corrected chi connectivity index (χ4v) is 2.80. The van der Waals surface area contributed by atoms with Gasteiger partial charge in [0, 0.05) is 16.7 Å². The van der Waals surface area contributed by atoms with E-state index in [1.54, 1.807) is 17.8 Å². The van der Waals surface area contributed by atoms with Crippen molar-refractivity contribution in [1.29, 1.82) is 0 Å². The van der Waals surface area contributed by atoms with Crippen molar-refractivity contribution in [3.63, 3.8) is 0 Å². The molecule has 0 aliphatic carbocycles. The highest BCUT2D eigenvalue weighted by Crippen LogP contribution is 2.32. The molecule has 0 heterocycles. The van der Waals surface area contributed by atoms with E-state index >= 15 is 0 Å².